The molecule has 0 amide bonds. The Balaban J connectivity index is 0.948. The number of hydrogen-bond acceptors (Lipinski definition) is 3. The monoisotopic (exact) mass is 632 g/mol. The Labute approximate surface area is 281 Å². The second-order valence-corrected chi connectivity index (χ2v) is 12.1. The minimum atomic E-state index is 0.718. The van der Waals surface area contributed by atoms with Gasteiger partial charge in [-0.15, -0.1) is 0 Å². The molecule has 10 aromatic rings. The smallest absolute Gasteiger partial charge is 0.129 e. The van der Waals surface area contributed by atoms with Crippen LogP contribution in [-0.2, 0) is 0 Å². The molecule has 0 aliphatic rings. The summed E-state index contributed by atoms with van der Waals surface area (Å²) in [5, 5.41) is 14.4. The van der Waals surface area contributed by atoms with Crippen LogP contribution in [0.5, 0.6) is 11.5 Å². The molecular formula is C42H28N6O. The third kappa shape index (κ3) is 4.44. The molecule has 0 fully saturated rings. The van der Waals surface area contributed by atoms with Crippen LogP contribution >= 0.6 is 0 Å². The average Bonchev–Trinajstić information content (AvgIpc) is 3.95. The molecule has 0 bridgehead atoms. The molecule has 6 aromatic carbocycles. The van der Waals surface area contributed by atoms with Crippen molar-refractivity contribution in [3.8, 4) is 34.2 Å². The number of hydrogen-bond donors (Lipinski definition) is 0. The molecule has 0 radical (unpaired) electrons. The van der Waals surface area contributed by atoms with Crippen LogP contribution in [0.4, 0.5) is 0 Å². The van der Waals surface area contributed by atoms with Gasteiger partial charge in [0.2, 0.25) is 0 Å². The highest BCUT2D eigenvalue weighted by Crippen LogP contribution is 2.34. The van der Waals surface area contributed by atoms with Crippen molar-refractivity contribution in [3.05, 3.63) is 170 Å². The quantitative estimate of drug-likeness (QED) is 0.183. The molecule has 7 heteroatoms. The fourth-order valence-electron chi connectivity index (χ4n) is 7.06. The van der Waals surface area contributed by atoms with Crippen molar-refractivity contribution in [1.82, 2.24) is 28.7 Å². The zero-order valence-corrected chi connectivity index (χ0v) is 26.3. The lowest BCUT2D eigenvalue weighted by Gasteiger charge is -2.10. The Morgan fingerprint density at radius 3 is 1.12 bits per heavy atom. The molecule has 0 spiro atoms. The molecule has 0 N–H and O–H groups in total. The second kappa shape index (κ2) is 10.9. The van der Waals surface area contributed by atoms with Crippen molar-refractivity contribution in [1.29, 1.82) is 0 Å². The molecule has 10 rings (SSSR count). The Hall–Kier alpha value is -6.86. The lowest BCUT2D eigenvalue weighted by atomic mass is 10.2. The Morgan fingerprint density at radius 1 is 0.367 bits per heavy atom. The van der Waals surface area contributed by atoms with Gasteiger partial charge >= 0.3 is 0 Å². The van der Waals surface area contributed by atoms with Gasteiger partial charge in [0.15, 0.2) is 0 Å². The summed E-state index contributed by atoms with van der Waals surface area (Å²) in [6.45, 7) is 0. The number of benzene rings is 6. The van der Waals surface area contributed by atoms with Gasteiger partial charge in [-0.3, -0.25) is 0 Å². The van der Waals surface area contributed by atoms with Crippen molar-refractivity contribution in [3.63, 3.8) is 0 Å². The average molecular weight is 633 g/mol. The van der Waals surface area contributed by atoms with Gasteiger partial charge < -0.3 is 13.9 Å². The maximum atomic E-state index is 6.40. The molecule has 0 unspecified atom stereocenters. The van der Waals surface area contributed by atoms with Crippen molar-refractivity contribution >= 4 is 43.6 Å². The minimum Gasteiger partial charge on any atom is -0.457 e. The maximum Gasteiger partial charge on any atom is 0.129 e. The number of para-hydroxylation sites is 4. The summed E-state index contributed by atoms with van der Waals surface area (Å²) in [6.07, 6.45) is 7.94. The maximum absolute atomic E-state index is 6.40. The van der Waals surface area contributed by atoms with E-state index in [9.17, 15) is 0 Å². The summed E-state index contributed by atoms with van der Waals surface area (Å²) >= 11 is 0. The summed E-state index contributed by atoms with van der Waals surface area (Å²) in [5.74, 6) is 1.44. The van der Waals surface area contributed by atoms with Gasteiger partial charge in [-0.25, -0.2) is 9.36 Å². The molecule has 0 saturated carbocycles. The highest BCUT2D eigenvalue weighted by atomic mass is 16.5. The van der Waals surface area contributed by atoms with Crippen LogP contribution < -0.4 is 4.74 Å². The zero-order chi connectivity index (χ0) is 32.3. The van der Waals surface area contributed by atoms with Crippen LogP contribution in [0.25, 0.3) is 66.4 Å². The van der Waals surface area contributed by atoms with E-state index in [2.05, 4.69) is 119 Å². The molecule has 0 saturated heterocycles. The molecule has 7 nitrogen and oxygen atoms in total. The van der Waals surface area contributed by atoms with Crippen molar-refractivity contribution in [2.24, 2.45) is 0 Å². The lowest BCUT2D eigenvalue weighted by Crippen LogP contribution is -1.97. The van der Waals surface area contributed by atoms with E-state index in [1.807, 2.05) is 70.3 Å². The van der Waals surface area contributed by atoms with Gasteiger partial charge in [-0.05, 0) is 48.5 Å². The first-order chi connectivity index (χ1) is 24.3. The number of rotatable bonds is 6. The first kappa shape index (κ1) is 27.3. The highest BCUT2D eigenvalue weighted by Gasteiger charge is 2.15. The SMILES string of the molecule is c1cc(Oc2cccc(-n3cc(-n4c5ccccc5c5ccccc54)cn3)c2)cc(-n2cc(-n3c4ccccc4c4ccccc43)cn2)c1. The van der Waals surface area contributed by atoms with Crippen LogP contribution in [0.2, 0.25) is 0 Å². The standard InChI is InChI=1S/C42H28N6O/c1-5-19-39-35(15-1)36-16-2-6-20-40(36)47(39)31-25-43-45(27-31)29-11-9-13-33(23-29)49-34-14-10-12-30(24-34)46-28-32(26-44-46)48-41-21-7-3-17-37(41)38-18-4-8-22-42(38)48/h1-28H. The highest BCUT2D eigenvalue weighted by molar-refractivity contribution is 6.10. The zero-order valence-electron chi connectivity index (χ0n) is 26.3. The fourth-order valence-corrected chi connectivity index (χ4v) is 7.06. The number of aromatic nitrogens is 6. The first-order valence-electron chi connectivity index (χ1n) is 16.2. The number of ether oxygens (including phenoxy) is 1. The van der Waals surface area contributed by atoms with E-state index >= 15 is 0 Å². The summed E-state index contributed by atoms with van der Waals surface area (Å²) in [7, 11) is 0. The third-order valence-corrected chi connectivity index (χ3v) is 9.21. The second-order valence-electron chi connectivity index (χ2n) is 12.1. The minimum absolute atomic E-state index is 0.718. The van der Waals surface area contributed by atoms with Crippen LogP contribution in [0.1, 0.15) is 0 Å². The molecule has 0 aliphatic carbocycles. The summed E-state index contributed by atoms with van der Waals surface area (Å²) in [6, 6.07) is 49.9. The van der Waals surface area contributed by atoms with E-state index in [-0.39, 0.29) is 0 Å². The molecule has 4 heterocycles. The fraction of sp³-hybridized carbons (Fsp3) is 0. The van der Waals surface area contributed by atoms with Gasteiger partial charge in [0.25, 0.3) is 0 Å². The van der Waals surface area contributed by atoms with Gasteiger partial charge in [0, 0.05) is 33.7 Å². The molecule has 0 atom stereocenters. The van der Waals surface area contributed by atoms with Gasteiger partial charge in [0.1, 0.15) is 11.5 Å². The topological polar surface area (TPSA) is 54.7 Å². The first-order valence-corrected chi connectivity index (χ1v) is 16.2. The summed E-state index contributed by atoms with van der Waals surface area (Å²) in [5.41, 5.74) is 8.41. The van der Waals surface area contributed by atoms with Crippen LogP contribution in [0, 0.1) is 0 Å². The normalized spacial score (nSPS) is 11.7. The van der Waals surface area contributed by atoms with E-state index in [0.717, 1.165) is 56.3 Å². The van der Waals surface area contributed by atoms with E-state index in [0.29, 0.717) is 0 Å². The van der Waals surface area contributed by atoms with Gasteiger partial charge in [0.05, 0.1) is 69.6 Å². The van der Waals surface area contributed by atoms with Gasteiger partial charge in [-0.1, -0.05) is 84.9 Å². The molecule has 232 valence electrons. The van der Waals surface area contributed by atoms with Crippen LogP contribution in [0.15, 0.2) is 170 Å². The predicted octanol–water partition coefficient (Wildman–Crippen LogP) is 10.0. The van der Waals surface area contributed by atoms with E-state index in [1.165, 1.54) is 21.5 Å². The Morgan fingerprint density at radius 2 is 0.735 bits per heavy atom. The van der Waals surface area contributed by atoms with E-state index < -0.39 is 0 Å². The molecular weight excluding hydrogens is 605 g/mol. The van der Waals surface area contributed by atoms with Crippen LogP contribution in [-0.4, -0.2) is 28.7 Å². The summed E-state index contributed by atoms with van der Waals surface area (Å²) in [4.78, 5) is 0. The van der Waals surface area contributed by atoms with Gasteiger partial charge in [-0.2, -0.15) is 10.2 Å². The Kier molecular flexibility index (Phi) is 6.04. The van der Waals surface area contributed by atoms with Crippen molar-refractivity contribution < 1.29 is 4.74 Å². The number of nitrogens with zero attached hydrogens (tertiary/aromatic N) is 6. The van der Waals surface area contributed by atoms with Crippen molar-refractivity contribution in [2.75, 3.05) is 0 Å². The lowest BCUT2D eigenvalue weighted by molar-refractivity contribution is 0.481. The van der Waals surface area contributed by atoms with E-state index in [4.69, 9.17) is 14.9 Å². The summed E-state index contributed by atoms with van der Waals surface area (Å²) < 4.78 is 14.7. The third-order valence-electron chi connectivity index (χ3n) is 9.21. The number of fused-ring (bicyclic) bond motifs is 6. The molecule has 0 aliphatic heterocycles. The Bertz CT molecular complexity index is 2530. The largest absolute Gasteiger partial charge is 0.457 e. The van der Waals surface area contributed by atoms with Crippen molar-refractivity contribution in [2.45, 2.75) is 0 Å². The molecule has 49 heavy (non-hydrogen) atoms. The predicted molar refractivity (Wildman–Crippen MR) is 196 cm³/mol. The van der Waals surface area contributed by atoms with Crippen LogP contribution in [0.3, 0.4) is 0 Å². The molecule has 4 aromatic heterocycles. The van der Waals surface area contributed by atoms with E-state index in [1.54, 1.807) is 0 Å².